The summed E-state index contributed by atoms with van der Waals surface area (Å²) in [4.78, 5) is 17.2. The average molecular weight is 425 g/mol. The van der Waals surface area contributed by atoms with Gasteiger partial charge >= 0.3 is 0 Å². The van der Waals surface area contributed by atoms with Crippen molar-refractivity contribution in [1.29, 1.82) is 0 Å². The molecule has 3 aromatic rings. The van der Waals surface area contributed by atoms with Gasteiger partial charge in [0.05, 0.1) is 0 Å². The van der Waals surface area contributed by atoms with E-state index in [-0.39, 0.29) is 11.6 Å². The van der Waals surface area contributed by atoms with Crippen LogP contribution in [0.25, 0.3) is 11.3 Å². The molecule has 30 heavy (non-hydrogen) atoms. The molecule has 1 fully saturated rings. The summed E-state index contributed by atoms with van der Waals surface area (Å²) in [6, 6.07) is 17.3. The van der Waals surface area contributed by atoms with Crippen LogP contribution in [0.5, 0.6) is 0 Å². The first kappa shape index (κ1) is 20.6. The molecule has 0 aliphatic carbocycles. The van der Waals surface area contributed by atoms with Gasteiger partial charge in [0.2, 0.25) is 0 Å². The van der Waals surface area contributed by atoms with Gasteiger partial charge in [0.15, 0.2) is 11.5 Å². The Morgan fingerprint density at radius 2 is 1.80 bits per heavy atom. The van der Waals surface area contributed by atoms with Crippen molar-refractivity contribution in [2.24, 2.45) is 0 Å². The number of piperazine rings is 1. The number of halogens is 1. The number of rotatable bonds is 6. The predicted molar refractivity (Wildman–Crippen MR) is 117 cm³/mol. The Hall–Kier alpha value is -2.67. The maximum atomic E-state index is 12.4. The lowest BCUT2D eigenvalue weighted by Crippen LogP contribution is -2.43. The molecule has 0 unspecified atom stereocenters. The van der Waals surface area contributed by atoms with Crippen molar-refractivity contribution in [1.82, 2.24) is 20.3 Å². The van der Waals surface area contributed by atoms with Gasteiger partial charge in [0, 0.05) is 55.9 Å². The third-order valence-corrected chi connectivity index (χ3v) is 5.57. The molecule has 2 aromatic carbocycles. The molecule has 1 amide bonds. The van der Waals surface area contributed by atoms with Gasteiger partial charge < -0.3 is 14.7 Å². The molecular formula is C23H25ClN4O2. The number of benzene rings is 2. The van der Waals surface area contributed by atoms with Crippen LogP contribution in [0.15, 0.2) is 59.1 Å². The van der Waals surface area contributed by atoms with Gasteiger partial charge in [-0.05, 0) is 30.3 Å². The smallest absolute Gasteiger partial charge is 0.273 e. The fourth-order valence-electron chi connectivity index (χ4n) is 3.46. The molecular weight excluding hydrogens is 400 g/mol. The Morgan fingerprint density at radius 1 is 1.07 bits per heavy atom. The van der Waals surface area contributed by atoms with Gasteiger partial charge in [0.25, 0.3) is 5.91 Å². The molecule has 2 heterocycles. The maximum Gasteiger partial charge on any atom is 0.273 e. The number of likely N-dealkylation sites (N-methyl/N-ethyl adjacent to an activating group) is 1. The number of amides is 1. The normalized spacial score (nSPS) is 15.3. The monoisotopic (exact) mass is 424 g/mol. The van der Waals surface area contributed by atoms with Crippen molar-refractivity contribution >= 4 is 17.5 Å². The molecule has 0 bridgehead atoms. The fourth-order valence-corrected chi connectivity index (χ4v) is 3.65. The zero-order valence-corrected chi connectivity index (χ0v) is 17.7. The summed E-state index contributed by atoms with van der Waals surface area (Å²) in [5.41, 5.74) is 3.36. The van der Waals surface area contributed by atoms with Crippen LogP contribution in [-0.2, 0) is 13.1 Å². The van der Waals surface area contributed by atoms with E-state index in [1.54, 1.807) is 18.2 Å². The van der Waals surface area contributed by atoms with Crippen molar-refractivity contribution in [2.75, 3.05) is 33.2 Å². The lowest BCUT2D eigenvalue weighted by Gasteiger charge is -2.32. The second kappa shape index (κ2) is 9.43. The minimum atomic E-state index is -0.270. The summed E-state index contributed by atoms with van der Waals surface area (Å²) in [5.74, 6) is 0.240. The molecule has 7 heteroatoms. The van der Waals surface area contributed by atoms with Crippen molar-refractivity contribution in [2.45, 2.75) is 13.1 Å². The van der Waals surface area contributed by atoms with E-state index in [1.165, 1.54) is 5.56 Å². The van der Waals surface area contributed by atoms with Crippen molar-refractivity contribution in [3.05, 3.63) is 76.4 Å². The number of nitrogens with zero attached hydrogens (tertiary/aromatic N) is 3. The first-order chi connectivity index (χ1) is 14.6. The van der Waals surface area contributed by atoms with Crippen LogP contribution in [0.1, 0.15) is 21.6 Å². The zero-order valence-electron chi connectivity index (χ0n) is 17.0. The SMILES string of the molecule is CN1CCN(Cc2ccc(CNC(=O)c3cc(-c4cccc(Cl)c4)on3)cc2)CC1. The van der Waals surface area contributed by atoms with Crippen LogP contribution < -0.4 is 5.32 Å². The minimum absolute atomic E-state index is 0.247. The molecule has 0 saturated carbocycles. The number of nitrogens with one attached hydrogen (secondary N) is 1. The van der Waals surface area contributed by atoms with E-state index in [9.17, 15) is 4.79 Å². The summed E-state index contributed by atoms with van der Waals surface area (Å²) in [6.07, 6.45) is 0. The molecule has 1 aliphatic heterocycles. The molecule has 1 aromatic heterocycles. The van der Waals surface area contributed by atoms with E-state index < -0.39 is 0 Å². The van der Waals surface area contributed by atoms with Crippen molar-refractivity contribution in [3.63, 3.8) is 0 Å². The third-order valence-electron chi connectivity index (χ3n) is 5.33. The molecule has 0 radical (unpaired) electrons. The van der Waals surface area contributed by atoms with Crippen LogP contribution in [0.4, 0.5) is 0 Å². The standard InChI is InChI=1S/C23H25ClN4O2/c1-27-9-11-28(12-10-27)16-18-7-5-17(6-8-18)15-25-23(29)21-14-22(30-26-21)19-3-2-4-20(24)13-19/h2-8,13-14H,9-12,15-16H2,1H3,(H,25,29). The van der Waals surface area contributed by atoms with E-state index in [1.807, 2.05) is 12.1 Å². The summed E-state index contributed by atoms with van der Waals surface area (Å²) in [5, 5.41) is 7.38. The first-order valence-corrected chi connectivity index (χ1v) is 10.4. The Bertz CT molecular complexity index is 994. The fraction of sp³-hybridized carbons (Fsp3) is 0.304. The highest BCUT2D eigenvalue weighted by atomic mass is 35.5. The maximum absolute atomic E-state index is 12.4. The Labute approximate surface area is 181 Å². The van der Waals surface area contributed by atoms with E-state index in [4.69, 9.17) is 16.1 Å². The third kappa shape index (κ3) is 5.27. The van der Waals surface area contributed by atoms with Crippen LogP contribution in [-0.4, -0.2) is 54.1 Å². The van der Waals surface area contributed by atoms with Crippen molar-refractivity contribution < 1.29 is 9.32 Å². The second-order valence-corrected chi connectivity index (χ2v) is 8.10. The number of aromatic nitrogens is 1. The largest absolute Gasteiger partial charge is 0.355 e. The zero-order chi connectivity index (χ0) is 20.9. The van der Waals surface area contributed by atoms with Crippen LogP contribution in [0.3, 0.4) is 0 Å². The number of hydrogen-bond donors (Lipinski definition) is 1. The van der Waals surface area contributed by atoms with E-state index in [0.717, 1.165) is 43.9 Å². The summed E-state index contributed by atoms with van der Waals surface area (Å²) >= 11 is 6.01. The molecule has 6 nitrogen and oxygen atoms in total. The lowest BCUT2D eigenvalue weighted by atomic mass is 10.1. The van der Waals surface area contributed by atoms with Gasteiger partial charge in [-0.25, -0.2) is 0 Å². The number of carbonyl (C=O) groups excluding carboxylic acids is 1. The molecule has 4 rings (SSSR count). The van der Waals surface area contributed by atoms with Crippen LogP contribution in [0.2, 0.25) is 5.02 Å². The highest BCUT2D eigenvalue weighted by molar-refractivity contribution is 6.30. The van der Waals surface area contributed by atoms with Crippen LogP contribution >= 0.6 is 11.6 Å². The molecule has 0 atom stereocenters. The van der Waals surface area contributed by atoms with E-state index in [2.05, 4.69) is 51.6 Å². The molecule has 156 valence electrons. The Morgan fingerprint density at radius 3 is 2.53 bits per heavy atom. The van der Waals surface area contributed by atoms with Gasteiger partial charge in [0.1, 0.15) is 0 Å². The summed E-state index contributed by atoms with van der Waals surface area (Å²) in [7, 11) is 2.16. The first-order valence-electron chi connectivity index (χ1n) is 10.1. The summed E-state index contributed by atoms with van der Waals surface area (Å²) < 4.78 is 5.30. The Balaban J connectivity index is 1.30. The quantitative estimate of drug-likeness (QED) is 0.654. The topological polar surface area (TPSA) is 61.6 Å². The molecule has 0 spiro atoms. The Kier molecular flexibility index (Phi) is 6.47. The minimum Gasteiger partial charge on any atom is -0.355 e. The average Bonchev–Trinajstić information content (AvgIpc) is 3.25. The van der Waals surface area contributed by atoms with Gasteiger partial charge in [-0.1, -0.05) is 53.2 Å². The van der Waals surface area contributed by atoms with Gasteiger partial charge in [-0.2, -0.15) is 0 Å². The van der Waals surface area contributed by atoms with E-state index >= 15 is 0 Å². The number of carbonyl (C=O) groups is 1. The molecule has 1 saturated heterocycles. The lowest BCUT2D eigenvalue weighted by molar-refractivity contribution is 0.0942. The van der Waals surface area contributed by atoms with Gasteiger partial charge in [-0.3, -0.25) is 9.69 Å². The summed E-state index contributed by atoms with van der Waals surface area (Å²) in [6.45, 7) is 5.83. The number of hydrogen-bond acceptors (Lipinski definition) is 5. The van der Waals surface area contributed by atoms with Crippen molar-refractivity contribution in [3.8, 4) is 11.3 Å². The molecule has 1 aliphatic rings. The van der Waals surface area contributed by atoms with E-state index in [0.29, 0.717) is 17.3 Å². The highest BCUT2D eigenvalue weighted by Gasteiger charge is 2.15. The van der Waals surface area contributed by atoms with Crippen LogP contribution in [0, 0.1) is 0 Å². The second-order valence-electron chi connectivity index (χ2n) is 7.67. The highest BCUT2D eigenvalue weighted by Crippen LogP contribution is 2.23. The molecule has 1 N–H and O–H groups in total. The van der Waals surface area contributed by atoms with Gasteiger partial charge in [-0.15, -0.1) is 0 Å². The predicted octanol–water partition coefficient (Wildman–Crippen LogP) is 3.67.